The Morgan fingerprint density at radius 1 is 1.26 bits per heavy atom. The van der Waals surface area contributed by atoms with Crippen LogP contribution in [0.5, 0.6) is 0 Å². The lowest BCUT2D eigenvalue weighted by Crippen LogP contribution is -2.06. The highest BCUT2D eigenvalue weighted by molar-refractivity contribution is 7.99. The molecule has 0 amide bonds. The Kier molecular flexibility index (Phi) is 7.32. The van der Waals surface area contributed by atoms with Crippen LogP contribution in [0.3, 0.4) is 0 Å². The second-order valence-electron chi connectivity index (χ2n) is 4.44. The molecule has 7 heteroatoms. The van der Waals surface area contributed by atoms with E-state index in [2.05, 4.69) is 17.1 Å². The molecule has 0 bridgehead atoms. The predicted octanol–water partition coefficient (Wildman–Crippen LogP) is 2.40. The van der Waals surface area contributed by atoms with Crippen LogP contribution in [-0.2, 0) is 11.3 Å². The number of rotatable bonds is 10. The summed E-state index contributed by atoms with van der Waals surface area (Å²) in [7, 11) is 0. The van der Waals surface area contributed by atoms with Crippen LogP contribution in [0, 0.1) is 0 Å². The summed E-state index contributed by atoms with van der Waals surface area (Å²) in [6, 6.07) is 0. The van der Waals surface area contributed by atoms with E-state index in [0.717, 1.165) is 31.1 Å². The molecule has 19 heavy (non-hydrogen) atoms. The maximum atomic E-state index is 10.5. The summed E-state index contributed by atoms with van der Waals surface area (Å²) in [5.41, 5.74) is 5.74. The van der Waals surface area contributed by atoms with Gasteiger partial charge in [-0.25, -0.2) is 0 Å². The molecule has 0 saturated carbocycles. The molecule has 0 radical (unpaired) electrons. The highest BCUT2D eigenvalue weighted by Crippen LogP contribution is 2.19. The number of carbonyl (C=O) groups is 1. The van der Waals surface area contributed by atoms with Gasteiger partial charge in [-0.05, 0) is 6.42 Å². The summed E-state index contributed by atoms with van der Waals surface area (Å²) in [4.78, 5) is 10.5. The van der Waals surface area contributed by atoms with Crippen molar-refractivity contribution in [1.82, 2.24) is 14.8 Å². The number of thioether (sulfide) groups is 1. The van der Waals surface area contributed by atoms with Crippen molar-refractivity contribution in [2.75, 3.05) is 11.5 Å². The third kappa shape index (κ3) is 5.96. The second kappa shape index (κ2) is 8.79. The van der Waals surface area contributed by atoms with E-state index in [1.165, 1.54) is 25.7 Å². The van der Waals surface area contributed by atoms with Crippen LogP contribution < -0.4 is 5.73 Å². The Hall–Kier alpha value is -1.24. The highest BCUT2D eigenvalue weighted by atomic mass is 32.2. The van der Waals surface area contributed by atoms with Crippen molar-refractivity contribution in [3.63, 3.8) is 0 Å². The molecule has 6 nitrogen and oxygen atoms in total. The highest BCUT2D eigenvalue weighted by Gasteiger charge is 2.11. The molecular formula is C12H22N4O2S. The quantitative estimate of drug-likeness (QED) is 0.506. The van der Waals surface area contributed by atoms with Gasteiger partial charge in [-0.3, -0.25) is 9.36 Å². The number of hydrogen-bond donors (Lipinski definition) is 2. The average molecular weight is 286 g/mol. The fraction of sp³-hybridized carbons (Fsp3) is 0.750. The van der Waals surface area contributed by atoms with E-state index in [1.807, 2.05) is 0 Å². The summed E-state index contributed by atoms with van der Waals surface area (Å²) in [6.07, 6.45) is 7.21. The monoisotopic (exact) mass is 286 g/mol. The van der Waals surface area contributed by atoms with E-state index in [9.17, 15) is 4.79 Å². The van der Waals surface area contributed by atoms with Crippen molar-refractivity contribution >= 4 is 23.7 Å². The van der Waals surface area contributed by atoms with Gasteiger partial charge in [-0.1, -0.05) is 50.8 Å². The largest absolute Gasteiger partial charge is 0.481 e. The summed E-state index contributed by atoms with van der Waals surface area (Å²) in [5.74, 6) is -0.520. The van der Waals surface area contributed by atoms with Gasteiger partial charge >= 0.3 is 5.97 Å². The lowest BCUT2D eigenvalue weighted by atomic mass is 10.1. The van der Waals surface area contributed by atoms with Gasteiger partial charge in [-0.15, -0.1) is 10.2 Å². The predicted molar refractivity (Wildman–Crippen MR) is 76.2 cm³/mol. The second-order valence-corrected chi connectivity index (χ2v) is 5.39. The third-order valence-corrected chi connectivity index (χ3v) is 3.76. The van der Waals surface area contributed by atoms with Crippen LogP contribution in [0.4, 0.5) is 5.95 Å². The minimum absolute atomic E-state index is 0.0192. The van der Waals surface area contributed by atoms with E-state index >= 15 is 0 Å². The van der Waals surface area contributed by atoms with Gasteiger partial charge in [0, 0.05) is 6.54 Å². The maximum Gasteiger partial charge on any atom is 0.313 e. The molecule has 0 spiro atoms. The van der Waals surface area contributed by atoms with Crippen LogP contribution in [0.1, 0.15) is 45.4 Å². The molecule has 0 fully saturated rings. The Morgan fingerprint density at radius 3 is 2.63 bits per heavy atom. The molecule has 3 N–H and O–H groups in total. The third-order valence-electron chi connectivity index (χ3n) is 2.81. The van der Waals surface area contributed by atoms with Crippen LogP contribution in [0.2, 0.25) is 0 Å². The Labute approximate surface area is 117 Å². The number of anilines is 1. The number of aromatic nitrogens is 3. The van der Waals surface area contributed by atoms with Crippen LogP contribution >= 0.6 is 11.8 Å². The van der Waals surface area contributed by atoms with Gasteiger partial charge in [0.25, 0.3) is 0 Å². The van der Waals surface area contributed by atoms with Crippen molar-refractivity contribution < 1.29 is 9.90 Å². The van der Waals surface area contributed by atoms with Crippen LogP contribution in [0.25, 0.3) is 0 Å². The molecule has 0 saturated heterocycles. The first-order valence-electron chi connectivity index (χ1n) is 6.68. The van der Waals surface area contributed by atoms with Gasteiger partial charge in [0.2, 0.25) is 5.95 Å². The molecule has 1 heterocycles. The summed E-state index contributed by atoms with van der Waals surface area (Å²) >= 11 is 1.16. The number of hydrogen-bond acceptors (Lipinski definition) is 5. The molecule has 108 valence electrons. The first-order valence-corrected chi connectivity index (χ1v) is 7.67. The number of aliphatic carboxylic acids is 1. The Balaban J connectivity index is 2.35. The fourth-order valence-corrected chi connectivity index (χ4v) is 2.49. The molecule has 0 aliphatic rings. The standard InChI is InChI=1S/C12H22N4O2S/c1-2-3-4-5-6-7-8-16-11(13)14-15-12(16)19-9-10(17)18/h2-9H2,1H3,(H2,13,14)(H,17,18). The van der Waals surface area contributed by atoms with Gasteiger partial charge in [0.05, 0.1) is 5.75 Å². The van der Waals surface area contributed by atoms with Gasteiger partial charge in [0.1, 0.15) is 0 Å². The van der Waals surface area contributed by atoms with Crippen molar-refractivity contribution in [3.05, 3.63) is 0 Å². The van der Waals surface area contributed by atoms with Gasteiger partial charge in [-0.2, -0.15) is 0 Å². The van der Waals surface area contributed by atoms with Gasteiger partial charge < -0.3 is 10.8 Å². The van der Waals surface area contributed by atoms with E-state index in [-0.39, 0.29) is 5.75 Å². The molecule has 1 rings (SSSR count). The minimum Gasteiger partial charge on any atom is -0.481 e. The first-order chi connectivity index (χ1) is 9.15. The van der Waals surface area contributed by atoms with Crippen molar-refractivity contribution in [3.8, 4) is 0 Å². The molecule has 0 atom stereocenters. The average Bonchev–Trinajstić information content (AvgIpc) is 2.72. The number of carboxylic acid groups (broad SMARTS) is 1. The summed E-state index contributed by atoms with van der Waals surface area (Å²) in [5, 5.41) is 17.0. The van der Waals surface area contributed by atoms with Crippen LogP contribution in [-0.4, -0.2) is 31.6 Å². The number of nitrogen functional groups attached to an aromatic ring is 1. The molecule has 0 aromatic carbocycles. The molecule has 0 unspecified atom stereocenters. The topological polar surface area (TPSA) is 94.0 Å². The van der Waals surface area contributed by atoms with Crippen LogP contribution in [0.15, 0.2) is 5.16 Å². The first kappa shape index (κ1) is 15.8. The summed E-state index contributed by atoms with van der Waals surface area (Å²) < 4.78 is 1.80. The summed E-state index contributed by atoms with van der Waals surface area (Å²) in [6.45, 7) is 2.96. The minimum atomic E-state index is -0.863. The lowest BCUT2D eigenvalue weighted by Gasteiger charge is -2.07. The SMILES string of the molecule is CCCCCCCCn1c(N)nnc1SCC(=O)O. The molecule has 1 aromatic heterocycles. The molecular weight excluding hydrogens is 264 g/mol. The van der Waals surface area contributed by atoms with Crippen molar-refractivity contribution in [2.24, 2.45) is 0 Å². The Bertz CT molecular complexity index is 395. The molecule has 1 aromatic rings. The number of nitrogens with two attached hydrogens (primary N) is 1. The van der Waals surface area contributed by atoms with Crippen molar-refractivity contribution in [1.29, 1.82) is 0 Å². The lowest BCUT2D eigenvalue weighted by molar-refractivity contribution is -0.133. The molecule has 0 aliphatic carbocycles. The Morgan fingerprint density at radius 2 is 1.95 bits per heavy atom. The number of carboxylic acids is 1. The smallest absolute Gasteiger partial charge is 0.313 e. The molecule has 0 aliphatic heterocycles. The van der Waals surface area contributed by atoms with Gasteiger partial charge in [0.15, 0.2) is 5.16 Å². The van der Waals surface area contributed by atoms with E-state index in [4.69, 9.17) is 10.8 Å². The fourth-order valence-electron chi connectivity index (χ4n) is 1.79. The van der Waals surface area contributed by atoms with Crippen molar-refractivity contribution in [2.45, 2.75) is 57.1 Å². The van der Waals surface area contributed by atoms with E-state index < -0.39 is 5.97 Å². The normalized spacial score (nSPS) is 10.8. The van der Waals surface area contributed by atoms with E-state index in [1.54, 1.807) is 4.57 Å². The zero-order valence-electron chi connectivity index (χ0n) is 11.3. The number of unbranched alkanes of at least 4 members (excludes halogenated alkanes) is 5. The maximum absolute atomic E-state index is 10.5. The van der Waals surface area contributed by atoms with E-state index in [0.29, 0.717) is 11.1 Å². The number of nitrogens with zero attached hydrogens (tertiary/aromatic N) is 3. The zero-order chi connectivity index (χ0) is 14.1. The zero-order valence-corrected chi connectivity index (χ0v) is 12.2.